The van der Waals surface area contributed by atoms with Crippen LogP contribution in [0.3, 0.4) is 0 Å². The highest BCUT2D eigenvalue weighted by atomic mass is 16.2. The second-order valence-corrected chi connectivity index (χ2v) is 4.27. The molecule has 1 aromatic rings. The van der Waals surface area contributed by atoms with E-state index in [0.717, 1.165) is 4.90 Å². The third kappa shape index (κ3) is 2.42. The molecule has 0 bridgehead atoms. The van der Waals surface area contributed by atoms with Crippen molar-refractivity contribution in [2.45, 2.75) is 13.3 Å². The van der Waals surface area contributed by atoms with Crippen LogP contribution in [0.1, 0.15) is 34.1 Å². The maximum Gasteiger partial charge on any atom is 0.261 e. The number of nitrogens with one attached hydrogen (secondary N) is 1. The van der Waals surface area contributed by atoms with E-state index in [2.05, 4.69) is 5.32 Å². The van der Waals surface area contributed by atoms with Crippen molar-refractivity contribution in [1.29, 1.82) is 0 Å². The molecule has 1 aliphatic heterocycles. The van der Waals surface area contributed by atoms with Gasteiger partial charge in [-0.15, -0.1) is 0 Å². The minimum Gasteiger partial charge on any atom is -0.399 e. The highest BCUT2D eigenvalue weighted by Crippen LogP contribution is 2.24. The fraction of sp³-hybridized carbons (Fsp3) is 0.308. The van der Waals surface area contributed by atoms with E-state index in [9.17, 15) is 14.4 Å². The van der Waals surface area contributed by atoms with Crippen molar-refractivity contribution in [2.24, 2.45) is 0 Å². The van der Waals surface area contributed by atoms with Crippen molar-refractivity contribution in [1.82, 2.24) is 10.2 Å². The van der Waals surface area contributed by atoms with Gasteiger partial charge in [-0.2, -0.15) is 0 Å². The number of rotatable bonds is 4. The van der Waals surface area contributed by atoms with Gasteiger partial charge in [-0.25, -0.2) is 0 Å². The molecule has 0 radical (unpaired) electrons. The molecule has 3 amide bonds. The first-order chi connectivity index (χ1) is 9.04. The summed E-state index contributed by atoms with van der Waals surface area (Å²) in [7, 11) is 0. The average molecular weight is 261 g/mol. The topological polar surface area (TPSA) is 92.5 Å². The Kier molecular flexibility index (Phi) is 3.50. The minimum absolute atomic E-state index is 0.0814. The van der Waals surface area contributed by atoms with Crippen LogP contribution in [0.15, 0.2) is 18.2 Å². The number of fused-ring (bicyclic) bond motifs is 1. The van der Waals surface area contributed by atoms with Crippen molar-refractivity contribution in [3.63, 3.8) is 0 Å². The van der Waals surface area contributed by atoms with Crippen molar-refractivity contribution in [3.8, 4) is 0 Å². The van der Waals surface area contributed by atoms with Crippen molar-refractivity contribution in [2.75, 3.05) is 18.8 Å². The molecule has 0 spiro atoms. The maximum absolute atomic E-state index is 12.0. The highest BCUT2D eigenvalue weighted by Gasteiger charge is 2.35. The average Bonchev–Trinajstić information content (AvgIpc) is 2.60. The van der Waals surface area contributed by atoms with Crippen LogP contribution in [0.5, 0.6) is 0 Å². The first kappa shape index (κ1) is 13.1. The molecule has 1 aliphatic rings. The van der Waals surface area contributed by atoms with E-state index in [4.69, 9.17) is 5.73 Å². The molecule has 19 heavy (non-hydrogen) atoms. The molecular formula is C13H15N3O3. The van der Waals surface area contributed by atoms with Crippen molar-refractivity contribution < 1.29 is 14.4 Å². The summed E-state index contributed by atoms with van der Waals surface area (Å²) in [6.07, 6.45) is 0.106. The number of amides is 3. The molecule has 3 N–H and O–H groups in total. The van der Waals surface area contributed by atoms with Gasteiger partial charge in [0.1, 0.15) is 0 Å². The van der Waals surface area contributed by atoms with E-state index in [-0.39, 0.29) is 24.8 Å². The van der Waals surface area contributed by atoms with Crippen molar-refractivity contribution >= 4 is 23.4 Å². The van der Waals surface area contributed by atoms with Gasteiger partial charge in [0, 0.05) is 25.2 Å². The van der Waals surface area contributed by atoms with Crippen LogP contribution < -0.4 is 11.1 Å². The standard InChI is InChI=1S/C13H15N3O3/c1-2-15-11(17)5-6-16-12(18)9-4-3-8(14)7-10(9)13(16)19/h3-4,7H,2,5-6,14H2,1H3,(H,15,17). The molecular weight excluding hydrogens is 246 g/mol. The van der Waals surface area contributed by atoms with E-state index in [0.29, 0.717) is 23.4 Å². The zero-order valence-electron chi connectivity index (χ0n) is 10.6. The lowest BCUT2D eigenvalue weighted by Crippen LogP contribution is -2.34. The monoisotopic (exact) mass is 261 g/mol. The van der Waals surface area contributed by atoms with Gasteiger partial charge < -0.3 is 11.1 Å². The van der Waals surface area contributed by atoms with Crippen LogP contribution in [0, 0.1) is 0 Å². The molecule has 6 heteroatoms. The molecule has 1 aromatic carbocycles. The molecule has 0 atom stereocenters. The Hall–Kier alpha value is -2.37. The number of nitrogens with zero attached hydrogens (tertiary/aromatic N) is 1. The van der Waals surface area contributed by atoms with Crippen LogP contribution in [0.4, 0.5) is 5.69 Å². The Labute approximate surface area is 110 Å². The molecule has 0 saturated carbocycles. The Balaban J connectivity index is 2.12. The number of nitrogen functional groups attached to an aromatic ring is 1. The summed E-state index contributed by atoms with van der Waals surface area (Å²) in [6, 6.07) is 4.61. The number of imide groups is 1. The summed E-state index contributed by atoms with van der Waals surface area (Å²) in [5.74, 6) is -0.945. The zero-order valence-corrected chi connectivity index (χ0v) is 10.6. The number of hydrogen-bond acceptors (Lipinski definition) is 4. The van der Waals surface area contributed by atoms with E-state index < -0.39 is 5.91 Å². The van der Waals surface area contributed by atoms with Gasteiger partial charge in [-0.1, -0.05) is 0 Å². The predicted molar refractivity (Wildman–Crippen MR) is 69.5 cm³/mol. The molecule has 100 valence electrons. The van der Waals surface area contributed by atoms with Crippen LogP contribution >= 0.6 is 0 Å². The normalized spacial score (nSPS) is 13.6. The second kappa shape index (κ2) is 5.09. The lowest BCUT2D eigenvalue weighted by Gasteiger charge is -2.13. The summed E-state index contributed by atoms with van der Waals surface area (Å²) < 4.78 is 0. The van der Waals surface area contributed by atoms with Gasteiger partial charge >= 0.3 is 0 Å². The Morgan fingerprint density at radius 2 is 1.95 bits per heavy atom. The SMILES string of the molecule is CCNC(=O)CCN1C(=O)c2ccc(N)cc2C1=O. The van der Waals surface area contributed by atoms with E-state index >= 15 is 0 Å². The Morgan fingerprint density at radius 1 is 1.26 bits per heavy atom. The van der Waals surface area contributed by atoms with E-state index in [1.165, 1.54) is 12.1 Å². The first-order valence-electron chi connectivity index (χ1n) is 6.07. The van der Waals surface area contributed by atoms with Gasteiger partial charge in [0.2, 0.25) is 5.91 Å². The molecule has 0 unspecified atom stereocenters. The summed E-state index contributed by atoms with van der Waals surface area (Å²) in [5.41, 5.74) is 6.68. The van der Waals surface area contributed by atoms with Crippen LogP contribution in [-0.2, 0) is 4.79 Å². The molecule has 6 nitrogen and oxygen atoms in total. The van der Waals surface area contributed by atoms with Gasteiger partial charge in [-0.3, -0.25) is 19.3 Å². The number of nitrogens with two attached hydrogens (primary N) is 1. The molecule has 1 heterocycles. The van der Waals surface area contributed by atoms with Gasteiger partial charge in [-0.05, 0) is 25.1 Å². The number of anilines is 1. The smallest absolute Gasteiger partial charge is 0.261 e. The van der Waals surface area contributed by atoms with Gasteiger partial charge in [0.25, 0.3) is 11.8 Å². The zero-order chi connectivity index (χ0) is 14.0. The number of benzene rings is 1. The highest BCUT2D eigenvalue weighted by molar-refractivity contribution is 6.21. The summed E-state index contributed by atoms with van der Waals surface area (Å²) in [5, 5.41) is 2.62. The molecule has 0 aromatic heterocycles. The van der Waals surface area contributed by atoms with E-state index in [1.54, 1.807) is 6.07 Å². The fourth-order valence-electron chi connectivity index (χ4n) is 2.01. The number of carbonyl (C=O) groups excluding carboxylic acids is 3. The number of carbonyl (C=O) groups is 3. The summed E-state index contributed by atoms with van der Waals surface area (Å²) in [6.45, 7) is 2.41. The molecule has 2 rings (SSSR count). The summed E-state index contributed by atoms with van der Waals surface area (Å²) in [4.78, 5) is 36.5. The number of hydrogen-bond donors (Lipinski definition) is 2. The maximum atomic E-state index is 12.0. The van der Waals surface area contributed by atoms with E-state index in [1.807, 2.05) is 6.92 Å². The van der Waals surface area contributed by atoms with Gasteiger partial charge in [0.05, 0.1) is 11.1 Å². The van der Waals surface area contributed by atoms with Crippen LogP contribution in [0.25, 0.3) is 0 Å². The van der Waals surface area contributed by atoms with Crippen molar-refractivity contribution in [3.05, 3.63) is 29.3 Å². The predicted octanol–water partition coefficient (Wildman–Crippen LogP) is 0.391. The Bertz CT molecular complexity index is 554. The lowest BCUT2D eigenvalue weighted by atomic mass is 10.1. The second-order valence-electron chi connectivity index (χ2n) is 4.27. The lowest BCUT2D eigenvalue weighted by molar-refractivity contribution is -0.121. The molecule has 0 aliphatic carbocycles. The van der Waals surface area contributed by atoms with Crippen LogP contribution in [-0.4, -0.2) is 35.7 Å². The largest absolute Gasteiger partial charge is 0.399 e. The van der Waals surface area contributed by atoms with Gasteiger partial charge in [0.15, 0.2) is 0 Å². The third-order valence-corrected chi connectivity index (χ3v) is 2.93. The molecule has 0 saturated heterocycles. The quantitative estimate of drug-likeness (QED) is 0.605. The van der Waals surface area contributed by atoms with Crippen LogP contribution in [0.2, 0.25) is 0 Å². The first-order valence-corrected chi connectivity index (χ1v) is 6.07. The minimum atomic E-state index is -0.392. The third-order valence-electron chi connectivity index (χ3n) is 2.93. The fourth-order valence-corrected chi connectivity index (χ4v) is 2.01. The Morgan fingerprint density at radius 3 is 2.63 bits per heavy atom. The molecule has 0 fully saturated rings. The summed E-state index contributed by atoms with van der Waals surface area (Å²) >= 11 is 0.